The molecule has 1 saturated heterocycles. The van der Waals surface area contributed by atoms with Gasteiger partial charge in [0.25, 0.3) is 0 Å². The molecule has 25 heavy (non-hydrogen) atoms. The van der Waals surface area contributed by atoms with Crippen LogP contribution >= 0.6 is 0 Å². The molecule has 1 N–H and O–H groups in total. The van der Waals surface area contributed by atoms with Crippen LogP contribution in [0.1, 0.15) is 72.1 Å². The van der Waals surface area contributed by atoms with Crippen LogP contribution in [-0.4, -0.2) is 48.3 Å². The standard InChI is InChI=1S/C21H37NO3/c1-5-19(2,3)16-6-8-20(9-7-16)14-17(20)18(23)22-12-10-21(24,11-13-22)15-25-4/h16-17,24H,5-15H2,1-4H3. The summed E-state index contributed by atoms with van der Waals surface area (Å²) >= 11 is 0. The van der Waals surface area contributed by atoms with Crippen molar-refractivity contribution in [3.8, 4) is 0 Å². The molecular formula is C21H37NO3. The van der Waals surface area contributed by atoms with Crippen molar-refractivity contribution in [3.63, 3.8) is 0 Å². The van der Waals surface area contributed by atoms with E-state index >= 15 is 0 Å². The summed E-state index contributed by atoms with van der Waals surface area (Å²) in [5.41, 5.74) is 0.0168. The Morgan fingerprint density at radius 3 is 2.32 bits per heavy atom. The predicted octanol–water partition coefficient (Wildman–Crippen LogP) is 3.62. The molecule has 3 rings (SSSR count). The van der Waals surface area contributed by atoms with Crippen molar-refractivity contribution in [2.75, 3.05) is 26.8 Å². The summed E-state index contributed by atoms with van der Waals surface area (Å²) < 4.78 is 5.12. The summed E-state index contributed by atoms with van der Waals surface area (Å²) in [6, 6.07) is 0. The van der Waals surface area contributed by atoms with Gasteiger partial charge in [-0.05, 0) is 61.7 Å². The van der Waals surface area contributed by atoms with Crippen molar-refractivity contribution in [1.29, 1.82) is 0 Å². The third-order valence-corrected chi connectivity index (χ3v) is 7.90. The minimum absolute atomic E-state index is 0.256. The number of carbonyl (C=O) groups is 1. The molecule has 1 spiro atoms. The van der Waals surface area contributed by atoms with Crippen LogP contribution in [0.25, 0.3) is 0 Å². The van der Waals surface area contributed by atoms with Crippen LogP contribution in [0.4, 0.5) is 0 Å². The van der Waals surface area contributed by atoms with Crippen molar-refractivity contribution in [1.82, 2.24) is 4.90 Å². The van der Waals surface area contributed by atoms with Crippen molar-refractivity contribution in [2.24, 2.45) is 22.7 Å². The Balaban J connectivity index is 1.50. The molecule has 2 saturated carbocycles. The highest BCUT2D eigenvalue weighted by Crippen LogP contribution is 2.64. The van der Waals surface area contributed by atoms with Crippen LogP contribution in [0.2, 0.25) is 0 Å². The van der Waals surface area contributed by atoms with E-state index < -0.39 is 5.60 Å². The normalized spacial score (nSPS) is 35.0. The molecule has 1 amide bonds. The molecule has 0 radical (unpaired) electrons. The first-order valence-electron chi connectivity index (χ1n) is 10.3. The van der Waals surface area contributed by atoms with Crippen LogP contribution in [-0.2, 0) is 9.53 Å². The van der Waals surface area contributed by atoms with Gasteiger partial charge in [0.15, 0.2) is 0 Å². The maximum Gasteiger partial charge on any atom is 0.226 e. The molecule has 1 atom stereocenters. The first-order valence-corrected chi connectivity index (χ1v) is 10.3. The van der Waals surface area contributed by atoms with Crippen LogP contribution in [0.3, 0.4) is 0 Å². The SMILES string of the molecule is CCC(C)(C)C1CCC2(CC1)CC2C(=O)N1CCC(O)(COC)CC1. The van der Waals surface area contributed by atoms with Gasteiger partial charge in [-0.15, -0.1) is 0 Å². The summed E-state index contributed by atoms with van der Waals surface area (Å²) in [7, 11) is 1.62. The largest absolute Gasteiger partial charge is 0.387 e. The average Bonchev–Trinajstić information content (AvgIpc) is 3.28. The van der Waals surface area contributed by atoms with E-state index in [4.69, 9.17) is 4.74 Å². The predicted molar refractivity (Wildman–Crippen MR) is 99.2 cm³/mol. The third-order valence-electron chi connectivity index (χ3n) is 7.90. The molecule has 0 bridgehead atoms. The second kappa shape index (κ2) is 6.84. The Bertz CT molecular complexity index is 485. The topological polar surface area (TPSA) is 49.8 Å². The maximum atomic E-state index is 13.0. The van der Waals surface area contributed by atoms with Gasteiger partial charge in [0, 0.05) is 26.1 Å². The van der Waals surface area contributed by atoms with Crippen molar-refractivity contribution < 1.29 is 14.6 Å². The van der Waals surface area contributed by atoms with Crippen molar-refractivity contribution in [2.45, 2.75) is 77.7 Å². The van der Waals surface area contributed by atoms with Gasteiger partial charge in [0.05, 0.1) is 12.2 Å². The first kappa shape index (κ1) is 19.2. The lowest BCUT2D eigenvalue weighted by Crippen LogP contribution is -2.49. The zero-order valence-corrected chi connectivity index (χ0v) is 16.6. The Hall–Kier alpha value is -0.610. The number of likely N-dealkylation sites (tertiary alicyclic amines) is 1. The number of hydrogen-bond acceptors (Lipinski definition) is 3. The van der Waals surface area contributed by atoms with E-state index in [9.17, 15) is 9.90 Å². The Morgan fingerprint density at radius 2 is 1.80 bits per heavy atom. The van der Waals surface area contributed by atoms with Crippen molar-refractivity contribution in [3.05, 3.63) is 0 Å². The second-order valence-electron chi connectivity index (χ2n) is 9.72. The lowest BCUT2D eigenvalue weighted by atomic mass is 9.66. The fourth-order valence-electron chi connectivity index (χ4n) is 5.29. The number of piperidine rings is 1. The van der Waals surface area contributed by atoms with E-state index in [0.717, 1.165) is 12.3 Å². The smallest absolute Gasteiger partial charge is 0.226 e. The average molecular weight is 352 g/mol. The fraction of sp³-hybridized carbons (Fsp3) is 0.952. The molecule has 3 fully saturated rings. The lowest BCUT2D eigenvalue weighted by Gasteiger charge is -2.40. The van der Waals surface area contributed by atoms with E-state index in [0.29, 0.717) is 49.3 Å². The summed E-state index contributed by atoms with van der Waals surface area (Å²) in [5.74, 6) is 1.43. The second-order valence-corrected chi connectivity index (χ2v) is 9.72. The molecule has 2 aliphatic carbocycles. The van der Waals surface area contributed by atoms with Gasteiger partial charge < -0.3 is 14.7 Å². The Kier molecular flexibility index (Phi) is 5.25. The number of nitrogens with zero attached hydrogens (tertiary/aromatic N) is 1. The third kappa shape index (κ3) is 3.75. The summed E-state index contributed by atoms with van der Waals surface area (Å²) in [6.45, 7) is 8.83. The molecule has 144 valence electrons. The molecular weight excluding hydrogens is 314 g/mol. The molecule has 3 aliphatic rings. The van der Waals surface area contributed by atoms with Crippen molar-refractivity contribution >= 4 is 5.91 Å². The molecule has 0 aromatic heterocycles. The quantitative estimate of drug-likeness (QED) is 0.823. The fourth-order valence-corrected chi connectivity index (χ4v) is 5.29. The van der Waals surface area contributed by atoms with Gasteiger partial charge in [-0.2, -0.15) is 0 Å². The van der Waals surface area contributed by atoms with E-state index in [-0.39, 0.29) is 5.92 Å². The molecule has 1 aliphatic heterocycles. The number of hydrogen-bond donors (Lipinski definition) is 1. The van der Waals surface area contributed by atoms with Crippen LogP contribution in [0.15, 0.2) is 0 Å². The molecule has 1 heterocycles. The molecule has 0 aromatic rings. The Labute approximate surface area is 153 Å². The van der Waals surface area contributed by atoms with Gasteiger partial charge in [0.2, 0.25) is 5.91 Å². The van der Waals surface area contributed by atoms with E-state index in [1.54, 1.807) is 7.11 Å². The van der Waals surface area contributed by atoms with E-state index in [2.05, 4.69) is 20.8 Å². The van der Waals surface area contributed by atoms with Gasteiger partial charge in [-0.1, -0.05) is 27.2 Å². The number of ether oxygens (including phenoxy) is 1. The number of carbonyl (C=O) groups excluding carboxylic acids is 1. The summed E-state index contributed by atoms with van der Waals surface area (Å²) in [5, 5.41) is 10.4. The molecule has 1 unspecified atom stereocenters. The van der Waals surface area contributed by atoms with Crippen LogP contribution in [0.5, 0.6) is 0 Å². The van der Waals surface area contributed by atoms with E-state index in [1.807, 2.05) is 4.90 Å². The first-order chi connectivity index (χ1) is 11.8. The maximum absolute atomic E-state index is 13.0. The molecule has 4 heteroatoms. The number of aliphatic hydroxyl groups is 1. The number of methoxy groups -OCH3 is 1. The Morgan fingerprint density at radius 1 is 1.20 bits per heavy atom. The lowest BCUT2D eigenvalue weighted by molar-refractivity contribution is -0.140. The molecule has 0 aromatic carbocycles. The highest BCUT2D eigenvalue weighted by atomic mass is 16.5. The summed E-state index contributed by atoms with van der Waals surface area (Å²) in [6.07, 6.45) is 8.67. The highest BCUT2D eigenvalue weighted by Gasteiger charge is 2.60. The number of rotatable bonds is 5. The van der Waals surface area contributed by atoms with Gasteiger partial charge in [-0.3, -0.25) is 4.79 Å². The minimum atomic E-state index is -0.740. The van der Waals surface area contributed by atoms with Gasteiger partial charge >= 0.3 is 0 Å². The highest BCUT2D eigenvalue weighted by molar-refractivity contribution is 5.82. The zero-order valence-electron chi connectivity index (χ0n) is 16.6. The van der Waals surface area contributed by atoms with Gasteiger partial charge in [0.1, 0.15) is 0 Å². The monoisotopic (exact) mass is 351 g/mol. The number of amides is 1. The van der Waals surface area contributed by atoms with Gasteiger partial charge in [-0.25, -0.2) is 0 Å². The van der Waals surface area contributed by atoms with Crippen LogP contribution in [0, 0.1) is 22.7 Å². The van der Waals surface area contributed by atoms with Crippen LogP contribution < -0.4 is 0 Å². The minimum Gasteiger partial charge on any atom is -0.387 e. The molecule has 4 nitrogen and oxygen atoms in total. The van der Waals surface area contributed by atoms with E-state index in [1.165, 1.54) is 32.1 Å². The summed E-state index contributed by atoms with van der Waals surface area (Å²) in [4.78, 5) is 15.0. The zero-order chi connectivity index (χ0) is 18.3.